The zero-order valence-corrected chi connectivity index (χ0v) is 7.07. The molecule has 1 unspecified atom stereocenters. The van der Waals surface area contributed by atoms with Crippen molar-refractivity contribution in [2.75, 3.05) is 7.05 Å². The maximum absolute atomic E-state index is 3.25. The van der Waals surface area contributed by atoms with E-state index >= 15 is 0 Å². The molecular formula is C8H19N. The van der Waals surface area contributed by atoms with Crippen LogP contribution in [0.15, 0.2) is 0 Å². The van der Waals surface area contributed by atoms with Gasteiger partial charge in [-0.2, -0.15) is 0 Å². The molecule has 0 radical (unpaired) electrons. The first-order chi connectivity index (χ1) is 4.22. The van der Waals surface area contributed by atoms with Gasteiger partial charge in [0.2, 0.25) is 0 Å². The lowest BCUT2D eigenvalue weighted by Crippen LogP contribution is -2.28. The van der Waals surface area contributed by atoms with Crippen LogP contribution in [0.4, 0.5) is 0 Å². The second kappa shape index (κ2) is 4.80. The molecule has 1 heteroatoms. The standard InChI is InChI=1S/C8H19N/c1-5-6-7(2)8(3)9-4/h7-9H,5-6H2,1-4H3/t7?,8-/m1/s1. The molecule has 0 saturated heterocycles. The third kappa shape index (κ3) is 3.52. The van der Waals surface area contributed by atoms with Gasteiger partial charge in [0.1, 0.15) is 0 Å². The van der Waals surface area contributed by atoms with E-state index in [1.54, 1.807) is 0 Å². The van der Waals surface area contributed by atoms with Gasteiger partial charge in [-0.1, -0.05) is 20.3 Å². The maximum Gasteiger partial charge on any atom is 0.00613 e. The second-order valence-electron chi connectivity index (χ2n) is 2.84. The van der Waals surface area contributed by atoms with Gasteiger partial charge in [-0.25, -0.2) is 0 Å². The van der Waals surface area contributed by atoms with Gasteiger partial charge in [-0.3, -0.25) is 0 Å². The second-order valence-corrected chi connectivity index (χ2v) is 2.84. The summed E-state index contributed by atoms with van der Waals surface area (Å²) in [5, 5.41) is 3.25. The Morgan fingerprint density at radius 2 is 1.89 bits per heavy atom. The largest absolute Gasteiger partial charge is 0.317 e. The molecule has 0 bridgehead atoms. The molecule has 9 heavy (non-hydrogen) atoms. The minimum atomic E-state index is 0.671. The van der Waals surface area contributed by atoms with Crippen LogP contribution in [0.3, 0.4) is 0 Å². The topological polar surface area (TPSA) is 12.0 Å². The Bertz CT molecular complexity index is 61.6. The van der Waals surface area contributed by atoms with Crippen molar-refractivity contribution in [2.24, 2.45) is 5.92 Å². The highest BCUT2D eigenvalue weighted by Gasteiger charge is 2.06. The van der Waals surface area contributed by atoms with E-state index in [0.29, 0.717) is 6.04 Å². The highest BCUT2D eigenvalue weighted by molar-refractivity contribution is 4.64. The number of rotatable bonds is 4. The van der Waals surface area contributed by atoms with E-state index in [0.717, 1.165) is 5.92 Å². The summed E-state index contributed by atoms with van der Waals surface area (Å²) >= 11 is 0. The Kier molecular flexibility index (Phi) is 4.78. The summed E-state index contributed by atoms with van der Waals surface area (Å²) in [6, 6.07) is 0.671. The van der Waals surface area contributed by atoms with Crippen LogP contribution in [0.2, 0.25) is 0 Å². The first-order valence-electron chi connectivity index (χ1n) is 3.89. The lowest BCUT2D eigenvalue weighted by atomic mass is 9.99. The molecule has 0 aliphatic rings. The minimum absolute atomic E-state index is 0.671. The third-order valence-corrected chi connectivity index (χ3v) is 2.05. The van der Waals surface area contributed by atoms with Crippen LogP contribution in [0, 0.1) is 5.92 Å². The third-order valence-electron chi connectivity index (χ3n) is 2.05. The Labute approximate surface area is 58.8 Å². The molecule has 0 aromatic rings. The number of hydrogen-bond acceptors (Lipinski definition) is 1. The first-order valence-corrected chi connectivity index (χ1v) is 3.89. The van der Waals surface area contributed by atoms with E-state index in [-0.39, 0.29) is 0 Å². The normalized spacial score (nSPS) is 17.3. The van der Waals surface area contributed by atoms with Crippen molar-refractivity contribution >= 4 is 0 Å². The highest BCUT2D eigenvalue weighted by Crippen LogP contribution is 2.08. The predicted octanol–water partition coefficient (Wildman–Crippen LogP) is 2.03. The van der Waals surface area contributed by atoms with Gasteiger partial charge in [0.15, 0.2) is 0 Å². The molecule has 0 spiro atoms. The Balaban J connectivity index is 3.32. The fourth-order valence-corrected chi connectivity index (χ4v) is 0.990. The summed E-state index contributed by atoms with van der Waals surface area (Å²) in [7, 11) is 2.02. The zero-order valence-electron chi connectivity index (χ0n) is 7.07. The fourth-order valence-electron chi connectivity index (χ4n) is 0.990. The van der Waals surface area contributed by atoms with Crippen LogP contribution >= 0.6 is 0 Å². The maximum atomic E-state index is 3.25. The molecule has 0 rings (SSSR count). The van der Waals surface area contributed by atoms with Gasteiger partial charge in [0, 0.05) is 6.04 Å². The van der Waals surface area contributed by atoms with Gasteiger partial charge in [-0.15, -0.1) is 0 Å². The SMILES string of the molecule is CCCC(C)[C@@H](C)NC. The zero-order chi connectivity index (χ0) is 7.28. The molecule has 0 saturated carbocycles. The average Bonchev–Trinajstić information content (AvgIpc) is 1.87. The van der Waals surface area contributed by atoms with Crippen LogP contribution in [0.1, 0.15) is 33.6 Å². The van der Waals surface area contributed by atoms with Crippen molar-refractivity contribution in [3.8, 4) is 0 Å². The summed E-state index contributed by atoms with van der Waals surface area (Å²) in [5.41, 5.74) is 0. The van der Waals surface area contributed by atoms with Gasteiger partial charge in [-0.05, 0) is 26.3 Å². The lowest BCUT2D eigenvalue weighted by Gasteiger charge is -2.17. The summed E-state index contributed by atoms with van der Waals surface area (Å²) in [4.78, 5) is 0. The van der Waals surface area contributed by atoms with Crippen molar-refractivity contribution in [3.05, 3.63) is 0 Å². The van der Waals surface area contributed by atoms with Crippen LogP contribution in [-0.4, -0.2) is 13.1 Å². The monoisotopic (exact) mass is 129 g/mol. The molecule has 0 aliphatic heterocycles. The van der Waals surface area contributed by atoms with Gasteiger partial charge in [0.05, 0.1) is 0 Å². The number of nitrogens with one attached hydrogen (secondary N) is 1. The minimum Gasteiger partial charge on any atom is -0.317 e. The Hall–Kier alpha value is -0.0400. The predicted molar refractivity (Wildman–Crippen MR) is 42.6 cm³/mol. The van der Waals surface area contributed by atoms with E-state index in [1.165, 1.54) is 12.8 Å². The molecule has 0 fully saturated rings. The average molecular weight is 129 g/mol. The lowest BCUT2D eigenvalue weighted by molar-refractivity contribution is 0.397. The molecule has 0 aromatic heterocycles. The van der Waals surface area contributed by atoms with Crippen LogP contribution in [-0.2, 0) is 0 Å². The van der Waals surface area contributed by atoms with E-state index in [2.05, 4.69) is 26.1 Å². The number of hydrogen-bond donors (Lipinski definition) is 1. The van der Waals surface area contributed by atoms with Gasteiger partial charge in [0.25, 0.3) is 0 Å². The quantitative estimate of drug-likeness (QED) is 0.612. The van der Waals surface area contributed by atoms with Crippen molar-refractivity contribution < 1.29 is 0 Å². The summed E-state index contributed by atoms with van der Waals surface area (Å²) in [5.74, 6) is 0.819. The molecule has 1 N–H and O–H groups in total. The van der Waals surface area contributed by atoms with E-state index in [1.807, 2.05) is 7.05 Å². The molecule has 1 nitrogen and oxygen atoms in total. The van der Waals surface area contributed by atoms with Crippen molar-refractivity contribution in [1.29, 1.82) is 0 Å². The fraction of sp³-hybridized carbons (Fsp3) is 1.00. The molecule has 0 aromatic carbocycles. The Morgan fingerprint density at radius 3 is 2.22 bits per heavy atom. The summed E-state index contributed by atoms with van der Waals surface area (Å²) < 4.78 is 0. The molecule has 0 amide bonds. The van der Waals surface area contributed by atoms with Crippen LogP contribution in [0.25, 0.3) is 0 Å². The van der Waals surface area contributed by atoms with E-state index in [4.69, 9.17) is 0 Å². The van der Waals surface area contributed by atoms with Crippen molar-refractivity contribution in [1.82, 2.24) is 5.32 Å². The highest BCUT2D eigenvalue weighted by atomic mass is 14.9. The Morgan fingerprint density at radius 1 is 1.33 bits per heavy atom. The summed E-state index contributed by atoms with van der Waals surface area (Å²) in [6.45, 7) is 6.77. The van der Waals surface area contributed by atoms with E-state index in [9.17, 15) is 0 Å². The molecule has 2 atom stereocenters. The van der Waals surface area contributed by atoms with Crippen molar-refractivity contribution in [2.45, 2.75) is 39.7 Å². The van der Waals surface area contributed by atoms with E-state index < -0.39 is 0 Å². The molecule has 56 valence electrons. The first kappa shape index (κ1) is 8.96. The molecular weight excluding hydrogens is 110 g/mol. The summed E-state index contributed by atoms with van der Waals surface area (Å²) in [6.07, 6.45) is 2.63. The molecule has 0 aliphatic carbocycles. The van der Waals surface area contributed by atoms with Crippen LogP contribution < -0.4 is 5.32 Å². The smallest absolute Gasteiger partial charge is 0.00613 e. The van der Waals surface area contributed by atoms with Gasteiger partial charge < -0.3 is 5.32 Å². The van der Waals surface area contributed by atoms with Crippen LogP contribution in [0.5, 0.6) is 0 Å². The van der Waals surface area contributed by atoms with Crippen molar-refractivity contribution in [3.63, 3.8) is 0 Å². The van der Waals surface area contributed by atoms with Gasteiger partial charge >= 0.3 is 0 Å². The molecule has 0 heterocycles.